The van der Waals surface area contributed by atoms with Gasteiger partial charge < -0.3 is 15.1 Å². The number of halogens is 3. The molecule has 2 aliphatic rings. The van der Waals surface area contributed by atoms with Crippen molar-refractivity contribution in [3.63, 3.8) is 0 Å². The normalized spacial score (nSPS) is 24.6. The molecule has 0 bridgehead atoms. The molecule has 0 aromatic rings. The van der Waals surface area contributed by atoms with E-state index in [1.807, 2.05) is 14.1 Å². The first-order chi connectivity index (χ1) is 10.6. The van der Waals surface area contributed by atoms with Crippen LogP contribution in [-0.2, 0) is 0 Å². The monoisotopic (exact) mass is 336 g/mol. The van der Waals surface area contributed by atoms with E-state index < -0.39 is 12.7 Å². The van der Waals surface area contributed by atoms with Crippen LogP contribution in [0.2, 0.25) is 0 Å². The van der Waals surface area contributed by atoms with Crippen molar-refractivity contribution < 1.29 is 18.0 Å². The molecule has 1 atom stereocenters. The van der Waals surface area contributed by atoms with Gasteiger partial charge in [0.25, 0.3) is 0 Å². The van der Waals surface area contributed by atoms with Gasteiger partial charge in [-0.3, -0.25) is 4.90 Å². The van der Waals surface area contributed by atoms with Crippen molar-refractivity contribution in [3.05, 3.63) is 0 Å². The molecular formula is C15H27F3N4O. The second kappa shape index (κ2) is 6.84. The maximum Gasteiger partial charge on any atom is 0.401 e. The number of carbonyl (C=O) groups is 1. The lowest BCUT2D eigenvalue weighted by atomic mass is 9.75. The van der Waals surface area contributed by atoms with Gasteiger partial charge in [0.15, 0.2) is 0 Å². The Morgan fingerprint density at radius 2 is 1.96 bits per heavy atom. The lowest BCUT2D eigenvalue weighted by Crippen LogP contribution is -2.59. The topological polar surface area (TPSA) is 38.8 Å². The summed E-state index contributed by atoms with van der Waals surface area (Å²) < 4.78 is 37.2. The molecule has 0 aromatic carbocycles. The largest absolute Gasteiger partial charge is 0.401 e. The SMILES string of the molecule is CN(CC1(N(C)C)CCC1)C(=O)NC1CCN(CC(F)(F)F)C1. The molecule has 1 saturated heterocycles. The van der Waals surface area contributed by atoms with Crippen LogP contribution in [0.5, 0.6) is 0 Å². The number of hydrogen-bond donors (Lipinski definition) is 1. The van der Waals surface area contributed by atoms with Gasteiger partial charge in [0, 0.05) is 38.3 Å². The molecule has 134 valence electrons. The van der Waals surface area contributed by atoms with E-state index in [4.69, 9.17) is 0 Å². The zero-order valence-corrected chi connectivity index (χ0v) is 14.1. The molecular weight excluding hydrogens is 309 g/mol. The van der Waals surface area contributed by atoms with E-state index in [1.165, 1.54) is 11.3 Å². The summed E-state index contributed by atoms with van der Waals surface area (Å²) in [7, 11) is 5.80. The number of likely N-dealkylation sites (N-methyl/N-ethyl adjacent to an activating group) is 2. The molecule has 1 saturated carbocycles. The molecule has 1 aliphatic heterocycles. The minimum Gasteiger partial charge on any atom is -0.334 e. The zero-order valence-electron chi connectivity index (χ0n) is 14.1. The number of alkyl halides is 3. The van der Waals surface area contributed by atoms with Crippen molar-refractivity contribution in [1.29, 1.82) is 0 Å². The molecule has 5 nitrogen and oxygen atoms in total. The lowest BCUT2D eigenvalue weighted by Gasteiger charge is -2.49. The van der Waals surface area contributed by atoms with Crippen LogP contribution in [0.3, 0.4) is 0 Å². The Hall–Kier alpha value is -1.02. The van der Waals surface area contributed by atoms with Crippen LogP contribution in [0.1, 0.15) is 25.7 Å². The third kappa shape index (κ3) is 4.73. The van der Waals surface area contributed by atoms with Crippen molar-refractivity contribution in [2.75, 3.05) is 47.3 Å². The van der Waals surface area contributed by atoms with E-state index in [1.54, 1.807) is 11.9 Å². The van der Waals surface area contributed by atoms with Gasteiger partial charge in [-0.2, -0.15) is 13.2 Å². The summed E-state index contributed by atoms with van der Waals surface area (Å²) >= 11 is 0. The van der Waals surface area contributed by atoms with Gasteiger partial charge in [-0.15, -0.1) is 0 Å². The van der Waals surface area contributed by atoms with Crippen molar-refractivity contribution in [1.82, 2.24) is 20.0 Å². The third-order valence-corrected chi connectivity index (χ3v) is 5.11. The Balaban J connectivity index is 1.78. The van der Waals surface area contributed by atoms with Gasteiger partial charge in [0.2, 0.25) is 0 Å². The lowest BCUT2D eigenvalue weighted by molar-refractivity contribution is -0.143. The highest BCUT2D eigenvalue weighted by Gasteiger charge is 2.41. The highest BCUT2D eigenvalue weighted by atomic mass is 19.4. The Morgan fingerprint density at radius 3 is 2.43 bits per heavy atom. The first-order valence-corrected chi connectivity index (χ1v) is 8.09. The van der Waals surface area contributed by atoms with Crippen LogP contribution in [0.25, 0.3) is 0 Å². The van der Waals surface area contributed by atoms with E-state index in [9.17, 15) is 18.0 Å². The highest BCUT2D eigenvalue weighted by Crippen LogP contribution is 2.36. The minimum atomic E-state index is -4.18. The first-order valence-electron chi connectivity index (χ1n) is 8.09. The van der Waals surface area contributed by atoms with Crippen LogP contribution in [0, 0.1) is 0 Å². The average molecular weight is 336 g/mol. The van der Waals surface area contributed by atoms with Gasteiger partial charge in [0.05, 0.1) is 6.54 Å². The molecule has 0 spiro atoms. The van der Waals surface area contributed by atoms with Gasteiger partial charge in [-0.05, 0) is 39.8 Å². The predicted molar refractivity (Wildman–Crippen MR) is 82.3 cm³/mol. The number of rotatable bonds is 5. The Kier molecular flexibility index (Phi) is 5.45. The molecule has 23 heavy (non-hydrogen) atoms. The number of urea groups is 1. The molecule has 0 aromatic heterocycles. The van der Waals surface area contributed by atoms with Crippen LogP contribution in [0.15, 0.2) is 0 Å². The molecule has 2 fully saturated rings. The summed E-state index contributed by atoms with van der Waals surface area (Å²) in [5, 5.41) is 2.86. The molecule has 1 unspecified atom stereocenters. The number of carbonyl (C=O) groups excluding carboxylic acids is 1. The van der Waals surface area contributed by atoms with Crippen LogP contribution >= 0.6 is 0 Å². The van der Waals surface area contributed by atoms with Crippen molar-refractivity contribution in [3.8, 4) is 0 Å². The summed E-state index contributed by atoms with van der Waals surface area (Å²) in [6, 6.07) is -0.402. The van der Waals surface area contributed by atoms with Gasteiger partial charge >= 0.3 is 12.2 Å². The second-order valence-corrected chi connectivity index (χ2v) is 7.11. The predicted octanol–water partition coefficient (Wildman–Crippen LogP) is 1.75. The molecule has 1 N–H and O–H groups in total. The van der Waals surface area contributed by atoms with E-state index in [-0.39, 0.29) is 24.2 Å². The molecule has 8 heteroatoms. The molecule has 0 radical (unpaired) electrons. The number of likely N-dealkylation sites (tertiary alicyclic amines) is 1. The van der Waals surface area contributed by atoms with Crippen molar-refractivity contribution in [2.24, 2.45) is 0 Å². The fourth-order valence-electron chi connectivity index (χ4n) is 3.48. The molecule has 2 rings (SSSR count). The summed E-state index contributed by atoms with van der Waals surface area (Å²) in [6.45, 7) is 0.373. The van der Waals surface area contributed by atoms with Crippen molar-refractivity contribution >= 4 is 6.03 Å². The molecule has 2 amide bonds. The minimum absolute atomic E-state index is 0.0457. The van der Waals surface area contributed by atoms with Gasteiger partial charge in [0.1, 0.15) is 0 Å². The Labute approximate surface area is 135 Å². The molecule has 1 aliphatic carbocycles. The third-order valence-electron chi connectivity index (χ3n) is 5.11. The second-order valence-electron chi connectivity index (χ2n) is 7.11. The van der Waals surface area contributed by atoms with Gasteiger partial charge in [-0.25, -0.2) is 4.79 Å². The van der Waals surface area contributed by atoms with E-state index >= 15 is 0 Å². The smallest absolute Gasteiger partial charge is 0.334 e. The summed E-state index contributed by atoms with van der Waals surface area (Å²) in [6.07, 6.45) is -0.310. The number of nitrogens with zero attached hydrogens (tertiary/aromatic N) is 3. The maximum absolute atomic E-state index is 12.4. The summed E-state index contributed by atoms with van der Waals surface area (Å²) in [5.74, 6) is 0. The quantitative estimate of drug-likeness (QED) is 0.831. The van der Waals surface area contributed by atoms with Crippen LogP contribution in [-0.4, -0.2) is 85.8 Å². The fraction of sp³-hybridized carbons (Fsp3) is 0.933. The Bertz CT molecular complexity index is 423. The van der Waals surface area contributed by atoms with Gasteiger partial charge in [-0.1, -0.05) is 0 Å². The number of nitrogens with one attached hydrogen (secondary N) is 1. The summed E-state index contributed by atoms with van der Waals surface area (Å²) in [4.78, 5) is 17.5. The Morgan fingerprint density at radius 1 is 1.30 bits per heavy atom. The summed E-state index contributed by atoms with van der Waals surface area (Å²) in [5.41, 5.74) is 0.0457. The number of amides is 2. The molecule has 1 heterocycles. The van der Waals surface area contributed by atoms with Crippen molar-refractivity contribution in [2.45, 2.75) is 43.4 Å². The average Bonchev–Trinajstić information content (AvgIpc) is 2.77. The number of hydrogen-bond acceptors (Lipinski definition) is 3. The van der Waals surface area contributed by atoms with Crippen LogP contribution in [0.4, 0.5) is 18.0 Å². The van der Waals surface area contributed by atoms with E-state index in [0.717, 1.165) is 12.8 Å². The highest BCUT2D eigenvalue weighted by molar-refractivity contribution is 5.74. The first kappa shape index (κ1) is 18.3. The van der Waals surface area contributed by atoms with E-state index in [2.05, 4.69) is 10.2 Å². The fourth-order valence-corrected chi connectivity index (χ4v) is 3.48. The maximum atomic E-state index is 12.4. The van der Waals surface area contributed by atoms with Crippen LogP contribution < -0.4 is 5.32 Å². The van der Waals surface area contributed by atoms with E-state index in [0.29, 0.717) is 19.5 Å². The zero-order chi connectivity index (χ0) is 17.3. The standard InChI is InChI=1S/C15H27F3N4O/c1-20(2)14(6-4-7-14)10-21(3)13(23)19-12-5-8-22(9-12)11-15(16,17)18/h12H,4-11H2,1-3H3,(H,19,23).